The summed E-state index contributed by atoms with van der Waals surface area (Å²) >= 11 is 0. The molecule has 110 valence electrons. The number of ether oxygens (including phenoxy) is 2. The summed E-state index contributed by atoms with van der Waals surface area (Å²) in [6.45, 7) is 1.02. The summed E-state index contributed by atoms with van der Waals surface area (Å²) in [7, 11) is 1.61. The Morgan fingerprint density at radius 2 is 2.05 bits per heavy atom. The molecule has 0 bridgehead atoms. The van der Waals surface area contributed by atoms with Crippen LogP contribution >= 0.6 is 0 Å². The van der Waals surface area contributed by atoms with E-state index in [1.54, 1.807) is 19.4 Å². The summed E-state index contributed by atoms with van der Waals surface area (Å²) in [5, 5.41) is 13.7. The average Bonchev–Trinajstić information content (AvgIpc) is 2.48. The lowest BCUT2D eigenvalue weighted by atomic mass is 10.2. The first-order valence-corrected chi connectivity index (χ1v) is 6.30. The van der Waals surface area contributed by atoms with Crippen molar-refractivity contribution in [1.82, 2.24) is 10.6 Å². The molecule has 0 aliphatic rings. The highest BCUT2D eigenvalue weighted by Gasteiger charge is 1.96. The van der Waals surface area contributed by atoms with E-state index in [0.29, 0.717) is 13.2 Å². The smallest absolute Gasteiger partial charge is 0.318 e. The summed E-state index contributed by atoms with van der Waals surface area (Å²) in [4.78, 5) is 11.4. The summed E-state index contributed by atoms with van der Waals surface area (Å²) in [5.41, 5.74) is 0.956. The van der Waals surface area contributed by atoms with E-state index < -0.39 is 0 Å². The minimum Gasteiger partial charge on any atom is -0.497 e. The number of methoxy groups -OCH3 is 1. The van der Waals surface area contributed by atoms with Gasteiger partial charge in [-0.25, -0.2) is 4.79 Å². The molecule has 0 atom stereocenters. The van der Waals surface area contributed by atoms with Crippen LogP contribution in [0.3, 0.4) is 0 Å². The number of rotatable bonds is 8. The fourth-order valence-electron chi connectivity index (χ4n) is 1.38. The number of aliphatic hydroxyl groups is 1. The predicted octanol–water partition coefficient (Wildman–Crippen LogP) is 0.974. The van der Waals surface area contributed by atoms with Gasteiger partial charge in [-0.3, -0.25) is 0 Å². The third kappa shape index (κ3) is 6.77. The molecule has 6 heteroatoms. The van der Waals surface area contributed by atoms with Crippen molar-refractivity contribution in [2.24, 2.45) is 0 Å². The monoisotopic (exact) mass is 280 g/mol. The van der Waals surface area contributed by atoms with Crippen LogP contribution in [-0.2, 0) is 4.74 Å². The van der Waals surface area contributed by atoms with Gasteiger partial charge in [0.25, 0.3) is 0 Å². The molecule has 0 spiro atoms. The number of hydrogen-bond donors (Lipinski definition) is 3. The van der Waals surface area contributed by atoms with Crippen molar-refractivity contribution >= 4 is 12.1 Å². The maximum Gasteiger partial charge on any atom is 0.318 e. The number of carbonyl (C=O) groups is 1. The van der Waals surface area contributed by atoms with Crippen molar-refractivity contribution in [3.05, 3.63) is 36.0 Å². The molecule has 1 aromatic rings. The highest BCUT2D eigenvalue weighted by atomic mass is 16.5. The average molecular weight is 280 g/mol. The normalized spacial score (nSPS) is 10.5. The van der Waals surface area contributed by atoms with Crippen LogP contribution < -0.4 is 15.4 Å². The van der Waals surface area contributed by atoms with Crippen LogP contribution in [0.15, 0.2) is 30.5 Å². The van der Waals surface area contributed by atoms with E-state index in [0.717, 1.165) is 11.3 Å². The van der Waals surface area contributed by atoms with E-state index in [4.69, 9.17) is 14.6 Å². The molecule has 0 aromatic heterocycles. The maximum atomic E-state index is 11.4. The molecule has 3 N–H and O–H groups in total. The lowest BCUT2D eigenvalue weighted by Crippen LogP contribution is -2.34. The highest BCUT2D eigenvalue weighted by molar-refractivity contribution is 5.75. The zero-order valence-electron chi connectivity index (χ0n) is 11.5. The Balaban J connectivity index is 2.20. The molecule has 2 amide bonds. The van der Waals surface area contributed by atoms with Crippen LogP contribution in [0.25, 0.3) is 6.08 Å². The summed E-state index contributed by atoms with van der Waals surface area (Å²) in [6, 6.07) is 7.16. The first-order chi connectivity index (χ1) is 9.76. The molecule has 0 heterocycles. The first-order valence-electron chi connectivity index (χ1n) is 6.30. The van der Waals surface area contributed by atoms with Crippen LogP contribution in [0, 0.1) is 0 Å². The fraction of sp³-hybridized carbons (Fsp3) is 0.357. The van der Waals surface area contributed by atoms with Gasteiger partial charge in [-0.1, -0.05) is 12.1 Å². The Hall–Kier alpha value is -2.05. The molecule has 1 aromatic carbocycles. The first kappa shape index (κ1) is 16.0. The van der Waals surface area contributed by atoms with Crippen LogP contribution in [0.5, 0.6) is 5.75 Å². The molecule has 0 unspecified atom stereocenters. The van der Waals surface area contributed by atoms with Crippen molar-refractivity contribution in [1.29, 1.82) is 0 Å². The SMILES string of the molecule is COc1ccc(/C=C/NC(=O)NCCOCCO)cc1. The molecule has 0 aliphatic carbocycles. The number of aliphatic hydroxyl groups excluding tert-OH is 1. The Labute approximate surface area is 118 Å². The number of hydrogen-bond acceptors (Lipinski definition) is 4. The zero-order chi connectivity index (χ0) is 14.6. The van der Waals surface area contributed by atoms with Crippen LogP contribution in [0.1, 0.15) is 5.56 Å². The van der Waals surface area contributed by atoms with Crippen LogP contribution in [-0.4, -0.2) is 44.6 Å². The number of nitrogens with one attached hydrogen (secondary N) is 2. The van der Waals surface area contributed by atoms with Gasteiger partial charge in [0, 0.05) is 12.7 Å². The molecular formula is C14H20N2O4. The molecular weight excluding hydrogens is 260 g/mol. The van der Waals surface area contributed by atoms with E-state index >= 15 is 0 Å². The standard InChI is InChI=1S/C14H20N2O4/c1-19-13-4-2-12(3-5-13)6-7-15-14(18)16-8-10-20-11-9-17/h2-7,17H,8-11H2,1H3,(H2,15,16,18)/b7-6+. The second-order valence-corrected chi connectivity index (χ2v) is 3.84. The van der Waals surface area contributed by atoms with Gasteiger partial charge in [0.2, 0.25) is 0 Å². The summed E-state index contributed by atoms with van der Waals surface area (Å²) in [5.74, 6) is 0.788. The Morgan fingerprint density at radius 3 is 2.70 bits per heavy atom. The second kappa shape index (κ2) is 9.82. The van der Waals surface area contributed by atoms with Gasteiger partial charge in [-0.2, -0.15) is 0 Å². The van der Waals surface area contributed by atoms with Crippen LogP contribution in [0.2, 0.25) is 0 Å². The van der Waals surface area contributed by atoms with Gasteiger partial charge in [-0.15, -0.1) is 0 Å². The molecule has 0 radical (unpaired) electrons. The predicted molar refractivity (Wildman–Crippen MR) is 76.5 cm³/mol. The molecule has 1 rings (SSSR count). The summed E-state index contributed by atoms with van der Waals surface area (Å²) < 4.78 is 10.1. The van der Waals surface area contributed by atoms with E-state index in [9.17, 15) is 4.79 Å². The van der Waals surface area contributed by atoms with Gasteiger partial charge < -0.3 is 25.2 Å². The summed E-state index contributed by atoms with van der Waals surface area (Å²) in [6.07, 6.45) is 3.34. The molecule has 20 heavy (non-hydrogen) atoms. The maximum absolute atomic E-state index is 11.4. The number of amides is 2. The van der Waals surface area contributed by atoms with Crippen LogP contribution in [0.4, 0.5) is 4.79 Å². The Kier molecular flexibility index (Phi) is 7.86. The van der Waals surface area contributed by atoms with Gasteiger partial charge in [0.1, 0.15) is 5.75 Å². The highest BCUT2D eigenvalue weighted by Crippen LogP contribution is 2.11. The van der Waals surface area contributed by atoms with Gasteiger partial charge in [0.15, 0.2) is 0 Å². The molecule has 0 aliphatic heterocycles. The van der Waals surface area contributed by atoms with Crippen molar-refractivity contribution in [2.75, 3.05) is 33.5 Å². The lowest BCUT2D eigenvalue weighted by molar-refractivity contribution is 0.0948. The Bertz CT molecular complexity index is 418. The molecule has 0 saturated carbocycles. The van der Waals surface area contributed by atoms with E-state index in [-0.39, 0.29) is 19.2 Å². The minimum absolute atomic E-state index is 0.0171. The largest absolute Gasteiger partial charge is 0.497 e. The zero-order valence-corrected chi connectivity index (χ0v) is 11.5. The Morgan fingerprint density at radius 1 is 1.30 bits per heavy atom. The minimum atomic E-state index is -0.303. The third-order valence-electron chi connectivity index (χ3n) is 2.37. The van der Waals surface area contributed by atoms with E-state index in [1.165, 1.54) is 0 Å². The fourth-order valence-corrected chi connectivity index (χ4v) is 1.38. The van der Waals surface area contributed by atoms with Crippen molar-refractivity contribution in [3.63, 3.8) is 0 Å². The van der Waals surface area contributed by atoms with Gasteiger partial charge >= 0.3 is 6.03 Å². The number of urea groups is 1. The molecule has 0 fully saturated rings. The quantitative estimate of drug-likeness (QED) is 0.620. The van der Waals surface area contributed by atoms with Gasteiger partial charge in [0.05, 0.1) is 26.9 Å². The van der Waals surface area contributed by atoms with E-state index in [1.807, 2.05) is 24.3 Å². The second-order valence-electron chi connectivity index (χ2n) is 3.84. The molecule has 0 saturated heterocycles. The van der Waals surface area contributed by atoms with Gasteiger partial charge in [-0.05, 0) is 23.8 Å². The number of benzene rings is 1. The van der Waals surface area contributed by atoms with Crippen molar-refractivity contribution < 1.29 is 19.4 Å². The van der Waals surface area contributed by atoms with Crippen molar-refractivity contribution in [3.8, 4) is 5.75 Å². The lowest BCUT2D eigenvalue weighted by Gasteiger charge is -2.05. The molecule has 6 nitrogen and oxygen atoms in total. The van der Waals surface area contributed by atoms with Crippen molar-refractivity contribution in [2.45, 2.75) is 0 Å². The third-order valence-corrected chi connectivity index (χ3v) is 2.37. The number of carbonyl (C=O) groups excluding carboxylic acids is 1. The van der Waals surface area contributed by atoms with E-state index in [2.05, 4.69) is 10.6 Å². The topological polar surface area (TPSA) is 79.8 Å².